The van der Waals surface area contributed by atoms with E-state index in [1.807, 2.05) is 11.5 Å². The van der Waals surface area contributed by atoms with Crippen molar-refractivity contribution >= 4 is 46.2 Å². The van der Waals surface area contributed by atoms with Crippen molar-refractivity contribution in [2.75, 3.05) is 10.6 Å². The van der Waals surface area contributed by atoms with Gasteiger partial charge in [0.15, 0.2) is 15.7 Å². The maximum absolute atomic E-state index is 12.6. The number of nitrogens with one attached hydrogen (secondary N) is 3. The van der Waals surface area contributed by atoms with Crippen LogP contribution in [-0.4, -0.2) is 31.6 Å². The van der Waals surface area contributed by atoms with Crippen LogP contribution in [0.4, 0.5) is 10.8 Å². The molecule has 0 radical (unpaired) electrons. The molecule has 2 amide bonds. The van der Waals surface area contributed by atoms with Gasteiger partial charge >= 0.3 is 0 Å². The van der Waals surface area contributed by atoms with E-state index in [-0.39, 0.29) is 11.8 Å². The molecule has 0 saturated carbocycles. The molecule has 0 aliphatic rings. The number of amides is 2. The first-order valence-electron chi connectivity index (χ1n) is 8.32. The molecule has 0 unspecified atom stereocenters. The molecule has 0 spiro atoms. The zero-order chi connectivity index (χ0) is 20.3. The topological polar surface area (TPSA) is 105 Å². The van der Waals surface area contributed by atoms with E-state index >= 15 is 0 Å². The summed E-state index contributed by atoms with van der Waals surface area (Å²) in [6.07, 6.45) is 1.73. The van der Waals surface area contributed by atoms with Crippen LogP contribution < -0.4 is 10.6 Å². The standard InChI is InChI=1S/C18H18N6O2S2/c1-4-8-24-15(22-23-18(24)27)14-10(2)19-17(28-14)21-16(26)12-6-5-7-13(9-12)20-11(3)25/h4-7,9H,1,8H2,2-3H3,(H,20,25)(H,23,27)(H,19,21,26). The van der Waals surface area contributed by atoms with Gasteiger partial charge in [-0.05, 0) is 37.3 Å². The number of hydrogen-bond acceptors (Lipinski definition) is 6. The fourth-order valence-corrected chi connectivity index (χ4v) is 3.72. The summed E-state index contributed by atoms with van der Waals surface area (Å²) in [5.74, 6) is 0.121. The minimum absolute atomic E-state index is 0.203. The Morgan fingerprint density at radius 1 is 1.39 bits per heavy atom. The highest BCUT2D eigenvalue weighted by Crippen LogP contribution is 2.32. The Bertz CT molecular complexity index is 1110. The number of aromatic amines is 1. The molecule has 2 heterocycles. The summed E-state index contributed by atoms with van der Waals surface area (Å²) < 4.78 is 2.30. The number of hydrogen-bond donors (Lipinski definition) is 3. The Balaban J connectivity index is 1.84. The Hall–Kier alpha value is -3.11. The third-order valence-corrected chi connectivity index (χ3v) is 5.12. The summed E-state index contributed by atoms with van der Waals surface area (Å²) in [7, 11) is 0. The molecule has 144 valence electrons. The number of carbonyl (C=O) groups is 2. The molecule has 8 nitrogen and oxygen atoms in total. The Morgan fingerprint density at radius 3 is 2.89 bits per heavy atom. The van der Waals surface area contributed by atoms with Gasteiger partial charge < -0.3 is 5.32 Å². The van der Waals surface area contributed by atoms with Crippen LogP contribution in [0, 0.1) is 11.7 Å². The fraction of sp³-hybridized carbons (Fsp3) is 0.167. The van der Waals surface area contributed by atoms with E-state index in [0.717, 1.165) is 10.6 Å². The summed E-state index contributed by atoms with van der Waals surface area (Å²) in [5, 5.41) is 12.9. The Morgan fingerprint density at radius 2 is 2.18 bits per heavy atom. The van der Waals surface area contributed by atoms with Gasteiger partial charge in [-0.1, -0.05) is 23.5 Å². The number of anilines is 2. The second-order valence-electron chi connectivity index (χ2n) is 5.90. The maximum atomic E-state index is 12.6. The summed E-state index contributed by atoms with van der Waals surface area (Å²) in [5.41, 5.74) is 1.69. The molecule has 3 N–H and O–H groups in total. The van der Waals surface area contributed by atoms with Crippen LogP contribution in [-0.2, 0) is 11.3 Å². The molecule has 0 saturated heterocycles. The van der Waals surface area contributed by atoms with Crippen LogP contribution in [0.2, 0.25) is 0 Å². The summed E-state index contributed by atoms with van der Waals surface area (Å²) in [4.78, 5) is 29.0. The molecular weight excluding hydrogens is 396 g/mol. The Kier molecular flexibility index (Phi) is 5.81. The Labute approximate surface area is 170 Å². The molecule has 28 heavy (non-hydrogen) atoms. The van der Waals surface area contributed by atoms with Crippen molar-refractivity contribution in [1.82, 2.24) is 19.7 Å². The van der Waals surface area contributed by atoms with E-state index in [2.05, 4.69) is 32.4 Å². The lowest BCUT2D eigenvalue weighted by Gasteiger charge is -2.05. The number of benzene rings is 1. The number of allylic oxidation sites excluding steroid dienone is 1. The van der Waals surface area contributed by atoms with Crippen molar-refractivity contribution in [3.8, 4) is 10.7 Å². The molecule has 10 heteroatoms. The van der Waals surface area contributed by atoms with Crippen LogP contribution in [0.15, 0.2) is 36.9 Å². The van der Waals surface area contributed by atoms with E-state index in [9.17, 15) is 9.59 Å². The smallest absolute Gasteiger partial charge is 0.257 e. The molecular formula is C18H18N6O2S2. The van der Waals surface area contributed by atoms with Crippen molar-refractivity contribution in [3.05, 3.63) is 52.9 Å². The summed E-state index contributed by atoms with van der Waals surface area (Å²) >= 11 is 6.55. The highest BCUT2D eigenvalue weighted by molar-refractivity contribution is 7.71. The molecule has 0 aliphatic heterocycles. The molecule has 2 aromatic heterocycles. The lowest BCUT2D eigenvalue weighted by Crippen LogP contribution is -2.13. The van der Waals surface area contributed by atoms with Gasteiger partial charge in [-0.3, -0.25) is 24.6 Å². The molecule has 3 rings (SSSR count). The normalized spacial score (nSPS) is 10.5. The van der Waals surface area contributed by atoms with Gasteiger partial charge in [0, 0.05) is 24.7 Å². The number of nitrogens with zero attached hydrogens (tertiary/aromatic N) is 3. The van der Waals surface area contributed by atoms with E-state index in [1.165, 1.54) is 18.3 Å². The van der Waals surface area contributed by atoms with Crippen LogP contribution in [0.25, 0.3) is 10.7 Å². The summed E-state index contributed by atoms with van der Waals surface area (Å²) in [6.45, 7) is 7.50. The van der Waals surface area contributed by atoms with Crippen molar-refractivity contribution in [3.63, 3.8) is 0 Å². The molecule has 0 aliphatic carbocycles. The van der Waals surface area contributed by atoms with Crippen molar-refractivity contribution in [2.45, 2.75) is 20.4 Å². The van der Waals surface area contributed by atoms with Crippen LogP contribution in [0.3, 0.4) is 0 Å². The number of H-pyrrole nitrogens is 1. The lowest BCUT2D eigenvalue weighted by atomic mass is 10.2. The third kappa shape index (κ3) is 4.24. The third-order valence-electron chi connectivity index (χ3n) is 3.74. The highest BCUT2D eigenvalue weighted by atomic mass is 32.1. The predicted octanol–water partition coefficient (Wildman–Crippen LogP) is 3.77. The van der Waals surface area contributed by atoms with Crippen molar-refractivity contribution < 1.29 is 9.59 Å². The van der Waals surface area contributed by atoms with Gasteiger partial charge in [-0.15, -0.1) is 6.58 Å². The largest absolute Gasteiger partial charge is 0.326 e. The molecule has 3 aromatic rings. The van der Waals surface area contributed by atoms with Gasteiger partial charge in [0.05, 0.1) is 10.6 Å². The zero-order valence-electron chi connectivity index (χ0n) is 15.3. The molecule has 0 bridgehead atoms. The predicted molar refractivity (Wildman–Crippen MR) is 112 cm³/mol. The minimum atomic E-state index is -0.322. The van der Waals surface area contributed by atoms with Gasteiger partial charge in [0.25, 0.3) is 5.91 Å². The van der Waals surface area contributed by atoms with E-state index in [1.54, 1.807) is 30.3 Å². The van der Waals surface area contributed by atoms with Gasteiger partial charge in [0.2, 0.25) is 5.91 Å². The quantitative estimate of drug-likeness (QED) is 0.421. The highest BCUT2D eigenvalue weighted by Gasteiger charge is 2.17. The van der Waals surface area contributed by atoms with Crippen LogP contribution >= 0.6 is 23.6 Å². The first kappa shape index (κ1) is 19.6. The number of aryl methyl sites for hydroxylation is 1. The van der Waals surface area contributed by atoms with E-state index < -0.39 is 0 Å². The minimum Gasteiger partial charge on any atom is -0.326 e. The first-order chi connectivity index (χ1) is 13.4. The number of aromatic nitrogens is 4. The van der Waals surface area contributed by atoms with Crippen molar-refractivity contribution in [2.24, 2.45) is 0 Å². The number of thiazole rings is 1. The monoisotopic (exact) mass is 414 g/mol. The second kappa shape index (κ2) is 8.28. The average molecular weight is 415 g/mol. The molecule has 0 atom stereocenters. The van der Waals surface area contributed by atoms with E-state index in [0.29, 0.717) is 33.5 Å². The van der Waals surface area contributed by atoms with Crippen LogP contribution in [0.1, 0.15) is 23.0 Å². The summed E-state index contributed by atoms with van der Waals surface area (Å²) in [6, 6.07) is 6.68. The SMILES string of the molecule is C=CCn1c(-c2sc(NC(=O)c3cccc(NC(C)=O)c3)nc2C)n[nH]c1=S. The van der Waals surface area contributed by atoms with Gasteiger partial charge in [-0.25, -0.2) is 4.98 Å². The first-order valence-corrected chi connectivity index (χ1v) is 9.54. The maximum Gasteiger partial charge on any atom is 0.257 e. The number of rotatable bonds is 6. The molecule has 1 aromatic carbocycles. The van der Waals surface area contributed by atoms with Crippen LogP contribution in [0.5, 0.6) is 0 Å². The van der Waals surface area contributed by atoms with Crippen molar-refractivity contribution in [1.29, 1.82) is 0 Å². The van der Waals surface area contributed by atoms with Gasteiger partial charge in [-0.2, -0.15) is 5.10 Å². The number of carbonyl (C=O) groups excluding carboxylic acids is 2. The fourth-order valence-electron chi connectivity index (χ4n) is 2.56. The average Bonchev–Trinajstić information content (AvgIpc) is 3.17. The zero-order valence-corrected chi connectivity index (χ0v) is 16.9. The second-order valence-corrected chi connectivity index (χ2v) is 7.29. The van der Waals surface area contributed by atoms with E-state index in [4.69, 9.17) is 12.2 Å². The van der Waals surface area contributed by atoms with Gasteiger partial charge in [0.1, 0.15) is 0 Å². The lowest BCUT2D eigenvalue weighted by molar-refractivity contribution is -0.114. The molecule has 0 fully saturated rings.